The van der Waals surface area contributed by atoms with Crippen molar-refractivity contribution in [3.8, 4) is 16.9 Å². The van der Waals surface area contributed by atoms with E-state index in [1.54, 1.807) is 4.90 Å². The fourth-order valence-electron chi connectivity index (χ4n) is 4.03. The van der Waals surface area contributed by atoms with Gasteiger partial charge in [0.2, 0.25) is 5.82 Å². The van der Waals surface area contributed by atoms with Gasteiger partial charge in [-0.05, 0) is 63.6 Å². The number of likely N-dealkylation sites (tertiary alicyclic amines) is 1. The van der Waals surface area contributed by atoms with Crippen LogP contribution in [0.3, 0.4) is 0 Å². The molecule has 2 saturated heterocycles. The van der Waals surface area contributed by atoms with Crippen LogP contribution in [0.15, 0.2) is 24.5 Å². The van der Waals surface area contributed by atoms with Crippen LogP contribution in [0.25, 0.3) is 11.1 Å². The van der Waals surface area contributed by atoms with Gasteiger partial charge in [0.1, 0.15) is 0 Å². The van der Waals surface area contributed by atoms with E-state index in [1.807, 2.05) is 7.05 Å². The van der Waals surface area contributed by atoms with Gasteiger partial charge in [-0.25, -0.2) is 18.7 Å². The zero-order valence-electron chi connectivity index (χ0n) is 18.6. The number of hydrogen-bond acceptors (Lipinski definition) is 6. The molecule has 32 heavy (non-hydrogen) atoms. The van der Waals surface area contributed by atoms with Crippen LogP contribution in [0.1, 0.15) is 23.5 Å². The maximum absolute atomic E-state index is 14.6. The number of benzene rings is 1. The van der Waals surface area contributed by atoms with Crippen LogP contribution < -0.4 is 4.74 Å². The highest BCUT2D eigenvalue weighted by Crippen LogP contribution is 2.29. The summed E-state index contributed by atoms with van der Waals surface area (Å²) in [5, 5.41) is 0. The Morgan fingerprint density at radius 2 is 1.50 bits per heavy atom. The number of aromatic nitrogens is 2. The monoisotopic (exact) mass is 445 g/mol. The van der Waals surface area contributed by atoms with Crippen LogP contribution in [0.5, 0.6) is 5.75 Å². The molecule has 2 aliphatic heterocycles. The third-order valence-corrected chi connectivity index (χ3v) is 6.27. The zero-order chi connectivity index (χ0) is 22.7. The molecule has 2 aromatic rings. The average molecular weight is 446 g/mol. The molecule has 4 rings (SSSR count). The molecule has 2 fully saturated rings. The van der Waals surface area contributed by atoms with Crippen LogP contribution in [-0.4, -0.2) is 90.5 Å². The zero-order valence-corrected chi connectivity index (χ0v) is 18.6. The van der Waals surface area contributed by atoms with Crippen LogP contribution in [-0.2, 0) is 0 Å². The van der Waals surface area contributed by atoms with Gasteiger partial charge in [-0.1, -0.05) is 0 Å². The minimum absolute atomic E-state index is 0.0809. The Morgan fingerprint density at radius 1 is 0.938 bits per heavy atom. The van der Waals surface area contributed by atoms with Gasteiger partial charge in [-0.15, -0.1) is 0 Å². The largest absolute Gasteiger partial charge is 0.487 e. The number of ether oxygens (including phenoxy) is 1. The average Bonchev–Trinajstić information content (AvgIpc) is 2.80. The number of halogens is 2. The summed E-state index contributed by atoms with van der Waals surface area (Å²) in [5.41, 5.74) is 0.727. The molecule has 2 aliphatic rings. The van der Waals surface area contributed by atoms with Gasteiger partial charge < -0.3 is 19.4 Å². The van der Waals surface area contributed by atoms with Gasteiger partial charge >= 0.3 is 0 Å². The second-order valence-electron chi connectivity index (χ2n) is 8.72. The van der Waals surface area contributed by atoms with E-state index in [4.69, 9.17) is 4.74 Å². The van der Waals surface area contributed by atoms with Crippen molar-refractivity contribution in [1.82, 2.24) is 24.7 Å². The molecule has 1 amide bonds. The minimum atomic E-state index is -0.759. The van der Waals surface area contributed by atoms with E-state index in [1.165, 1.54) is 24.5 Å². The summed E-state index contributed by atoms with van der Waals surface area (Å²) in [6.07, 6.45) is 4.75. The lowest BCUT2D eigenvalue weighted by Gasteiger charge is -2.31. The van der Waals surface area contributed by atoms with E-state index in [0.717, 1.165) is 39.0 Å². The molecule has 172 valence electrons. The third kappa shape index (κ3) is 5.21. The van der Waals surface area contributed by atoms with Crippen molar-refractivity contribution in [2.75, 3.05) is 60.0 Å². The van der Waals surface area contributed by atoms with Crippen LogP contribution in [0.2, 0.25) is 0 Å². The predicted molar refractivity (Wildman–Crippen MR) is 117 cm³/mol. The highest BCUT2D eigenvalue weighted by atomic mass is 19.1. The first kappa shape index (κ1) is 22.5. The molecule has 0 radical (unpaired) electrons. The van der Waals surface area contributed by atoms with E-state index in [-0.39, 0.29) is 17.5 Å². The maximum Gasteiger partial charge on any atom is 0.291 e. The lowest BCUT2D eigenvalue weighted by atomic mass is 9.98. The number of amides is 1. The van der Waals surface area contributed by atoms with E-state index in [9.17, 15) is 13.6 Å². The molecular weight excluding hydrogens is 416 g/mol. The van der Waals surface area contributed by atoms with E-state index in [2.05, 4.69) is 26.8 Å². The van der Waals surface area contributed by atoms with Gasteiger partial charge in [0.15, 0.2) is 17.4 Å². The molecule has 3 heterocycles. The number of likely N-dealkylation sites (N-methyl/N-ethyl adjacent to an activating group) is 1. The van der Waals surface area contributed by atoms with Crippen molar-refractivity contribution < 1.29 is 18.3 Å². The van der Waals surface area contributed by atoms with Crippen molar-refractivity contribution in [2.24, 2.45) is 5.92 Å². The number of nitrogens with zero attached hydrogens (tertiary/aromatic N) is 5. The summed E-state index contributed by atoms with van der Waals surface area (Å²) < 4.78 is 34.7. The maximum atomic E-state index is 14.6. The molecule has 0 bridgehead atoms. The van der Waals surface area contributed by atoms with Crippen molar-refractivity contribution in [2.45, 2.75) is 12.8 Å². The van der Waals surface area contributed by atoms with Gasteiger partial charge in [-0.3, -0.25) is 4.79 Å². The Bertz CT molecular complexity index is 917. The summed E-state index contributed by atoms with van der Waals surface area (Å²) in [6.45, 7) is 5.07. The molecule has 0 aliphatic carbocycles. The number of hydrogen-bond donors (Lipinski definition) is 0. The summed E-state index contributed by atoms with van der Waals surface area (Å²) in [7, 11) is 4.07. The summed E-state index contributed by atoms with van der Waals surface area (Å²) in [4.78, 5) is 26.9. The molecular formula is C23H29F2N5O2. The fraction of sp³-hybridized carbons (Fsp3) is 0.522. The normalized spacial score (nSPS) is 18.7. The lowest BCUT2D eigenvalue weighted by Crippen LogP contribution is -2.47. The second kappa shape index (κ2) is 9.87. The summed E-state index contributed by atoms with van der Waals surface area (Å²) >= 11 is 0. The van der Waals surface area contributed by atoms with Crippen molar-refractivity contribution in [1.29, 1.82) is 0 Å². The number of carbonyl (C=O) groups excluding carboxylic acids is 1. The van der Waals surface area contributed by atoms with Gasteiger partial charge in [0.05, 0.1) is 6.61 Å². The molecule has 9 heteroatoms. The Hall–Kier alpha value is -2.65. The van der Waals surface area contributed by atoms with Crippen LogP contribution in [0.4, 0.5) is 8.78 Å². The Morgan fingerprint density at radius 3 is 2.09 bits per heavy atom. The Labute approximate surface area is 187 Å². The quantitative estimate of drug-likeness (QED) is 0.705. The van der Waals surface area contributed by atoms with Crippen LogP contribution >= 0.6 is 0 Å². The molecule has 0 N–H and O–H groups in total. The van der Waals surface area contributed by atoms with Crippen molar-refractivity contribution in [3.63, 3.8) is 0 Å². The third-order valence-electron chi connectivity index (χ3n) is 6.27. The molecule has 1 aromatic carbocycles. The molecule has 0 unspecified atom stereocenters. The Balaban J connectivity index is 1.41. The number of rotatable bonds is 5. The van der Waals surface area contributed by atoms with Crippen LogP contribution in [0, 0.1) is 17.6 Å². The first-order chi connectivity index (χ1) is 15.4. The summed E-state index contributed by atoms with van der Waals surface area (Å²) in [6, 6.07) is 2.43. The number of carbonyl (C=O) groups is 1. The van der Waals surface area contributed by atoms with Gasteiger partial charge in [0.25, 0.3) is 5.91 Å². The molecule has 1 aromatic heterocycles. The highest BCUT2D eigenvalue weighted by molar-refractivity contribution is 5.90. The number of piperidine rings is 1. The smallest absolute Gasteiger partial charge is 0.291 e. The first-order valence-corrected chi connectivity index (χ1v) is 11.0. The number of piperazine rings is 1. The van der Waals surface area contributed by atoms with Gasteiger partial charge in [0, 0.05) is 44.1 Å². The van der Waals surface area contributed by atoms with E-state index >= 15 is 0 Å². The highest BCUT2D eigenvalue weighted by Gasteiger charge is 2.23. The first-order valence-electron chi connectivity index (χ1n) is 11.0. The SMILES string of the molecule is CN1CCC(COc2c(F)cc(-c3cnc(C(=O)N4CCN(C)CC4)nc3)cc2F)CC1. The molecule has 7 nitrogen and oxygen atoms in total. The minimum Gasteiger partial charge on any atom is -0.487 e. The molecule has 0 saturated carbocycles. The predicted octanol–water partition coefficient (Wildman–Crippen LogP) is 2.53. The van der Waals surface area contributed by atoms with E-state index in [0.29, 0.717) is 36.7 Å². The lowest BCUT2D eigenvalue weighted by molar-refractivity contribution is 0.0652. The van der Waals surface area contributed by atoms with Crippen molar-refractivity contribution >= 4 is 5.91 Å². The van der Waals surface area contributed by atoms with Crippen molar-refractivity contribution in [3.05, 3.63) is 42.0 Å². The summed E-state index contributed by atoms with van der Waals surface area (Å²) in [5.74, 6) is -1.73. The molecule has 0 spiro atoms. The fourth-order valence-corrected chi connectivity index (χ4v) is 4.03. The van der Waals surface area contributed by atoms with E-state index < -0.39 is 11.6 Å². The standard InChI is InChI=1S/C23H29F2N5O2/c1-28-5-3-16(4-6-28)15-32-21-19(24)11-17(12-20(21)25)18-13-26-22(27-14-18)23(31)30-9-7-29(2)8-10-30/h11-14,16H,3-10,15H2,1-2H3. The second-order valence-corrected chi connectivity index (χ2v) is 8.72. The molecule has 0 atom stereocenters. The Kier molecular flexibility index (Phi) is 6.95. The van der Waals surface area contributed by atoms with Gasteiger partial charge in [-0.2, -0.15) is 0 Å². The topological polar surface area (TPSA) is 61.8 Å².